The van der Waals surface area contributed by atoms with Crippen molar-refractivity contribution in [1.82, 2.24) is 4.90 Å². The van der Waals surface area contributed by atoms with Crippen molar-refractivity contribution in [2.45, 2.75) is 6.92 Å². The van der Waals surface area contributed by atoms with Crippen LogP contribution in [0.1, 0.15) is 6.92 Å². The molecule has 0 saturated heterocycles. The van der Waals surface area contributed by atoms with Gasteiger partial charge in [-0.25, -0.2) is 0 Å². The lowest BCUT2D eigenvalue weighted by Gasteiger charge is -2.13. The smallest absolute Gasteiger partial charge is 0.00130 e. The molecule has 0 saturated carbocycles. The van der Waals surface area contributed by atoms with Crippen LogP contribution in [-0.2, 0) is 0 Å². The molecule has 0 aliphatic carbocycles. The zero-order chi connectivity index (χ0) is 6.57. The molecule has 0 aliphatic rings. The van der Waals surface area contributed by atoms with Crippen LogP contribution >= 0.6 is 0 Å². The van der Waals surface area contributed by atoms with Crippen molar-refractivity contribution in [1.29, 1.82) is 0 Å². The minimum Gasteiger partial charge on any atom is -0.330 e. The van der Waals surface area contributed by atoms with Gasteiger partial charge in [0.25, 0.3) is 0 Å². The van der Waals surface area contributed by atoms with Crippen LogP contribution in [0.3, 0.4) is 0 Å². The highest BCUT2D eigenvalue weighted by molar-refractivity contribution is 4.54. The van der Waals surface area contributed by atoms with Gasteiger partial charge < -0.3 is 10.6 Å². The first-order chi connectivity index (χ1) is 3.66. The molecule has 0 aromatic rings. The summed E-state index contributed by atoms with van der Waals surface area (Å²) in [5, 5.41) is 0. The number of nitrogens with zero attached hydrogens (tertiary/aromatic N) is 1. The second-order valence-corrected chi connectivity index (χ2v) is 2.60. The topological polar surface area (TPSA) is 29.3 Å². The Hall–Kier alpha value is -0.0800. The summed E-state index contributed by atoms with van der Waals surface area (Å²) < 4.78 is 0. The predicted molar refractivity (Wildman–Crippen MR) is 36.8 cm³/mol. The van der Waals surface area contributed by atoms with Gasteiger partial charge in [0, 0.05) is 6.54 Å². The van der Waals surface area contributed by atoms with Crippen molar-refractivity contribution in [3.05, 3.63) is 0 Å². The van der Waals surface area contributed by atoms with Gasteiger partial charge in [-0.2, -0.15) is 0 Å². The van der Waals surface area contributed by atoms with E-state index >= 15 is 0 Å². The van der Waals surface area contributed by atoms with Crippen LogP contribution in [0.5, 0.6) is 0 Å². The Labute approximate surface area is 51.7 Å². The second-order valence-electron chi connectivity index (χ2n) is 2.60. The van der Waals surface area contributed by atoms with E-state index in [1.807, 2.05) is 0 Å². The third-order valence-electron chi connectivity index (χ3n) is 1.08. The van der Waals surface area contributed by atoms with Gasteiger partial charge in [0.2, 0.25) is 0 Å². The normalized spacial score (nSPS) is 14.6. The molecule has 0 rings (SSSR count). The highest BCUT2D eigenvalue weighted by Crippen LogP contribution is 1.90. The Balaban J connectivity index is 3.10. The molecule has 0 aromatic carbocycles. The zero-order valence-electron chi connectivity index (χ0n) is 6.02. The first-order valence-corrected chi connectivity index (χ1v) is 3.01. The van der Waals surface area contributed by atoms with Crippen LogP contribution in [0, 0.1) is 5.92 Å². The van der Waals surface area contributed by atoms with Crippen molar-refractivity contribution in [3.8, 4) is 0 Å². The van der Waals surface area contributed by atoms with E-state index in [-0.39, 0.29) is 0 Å². The molecule has 2 nitrogen and oxygen atoms in total. The largest absolute Gasteiger partial charge is 0.330 e. The third kappa shape index (κ3) is 4.09. The van der Waals surface area contributed by atoms with E-state index in [4.69, 9.17) is 5.73 Å². The van der Waals surface area contributed by atoms with E-state index < -0.39 is 0 Å². The quantitative estimate of drug-likeness (QED) is 0.568. The monoisotopic (exact) mass is 116 g/mol. The first-order valence-electron chi connectivity index (χ1n) is 3.01. The zero-order valence-corrected chi connectivity index (χ0v) is 6.02. The van der Waals surface area contributed by atoms with Crippen molar-refractivity contribution in [2.24, 2.45) is 11.7 Å². The van der Waals surface area contributed by atoms with Gasteiger partial charge in [-0.15, -0.1) is 0 Å². The fourth-order valence-corrected chi connectivity index (χ4v) is 0.698. The molecule has 0 heterocycles. The molecular formula is C6H16N2. The maximum Gasteiger partial charge on any atom is 0.00130 e. The lowest BCUT2D eigenvalue weighted by Crippen LogP contribution is -2.24. The number of rotatable bonds is 3. The molecule has 0 aromatic heterocycles. The summed E-state index contributed by atoms with van der Waals surface area (Å²) in [6.45, 7) is 4.04. The maximum absolute atomic E-state index is 5.39. The average Bonchev–Trinajstić information content (AvgIpc) is 1.65. The number of hydrogen-bond acceptors (Lipinski definition) is 2. The summed E-state index contributed by atoms with van der Waals surface area (Å²) in [5.41, 5.74) is 5.39. The number of hydrogen-bond donors (Lipinski definition) is 1. The summed E-state index contributed by atoms with van der Waals surface area (Å²) in [7, 11) is 4.12. The van der Waals surface area contributed by atoms with Gasteiger partial charge in [-0.05, 0) is 26.6 Å². The molecule has 1 atom stereocenters. The molecule has 0 radical (unpaired) electrons. The molecule has 1 unspecified atom stereocenters. The summed E-state index contributed by atoms with van der Waals surface area (Å²) >= 11 is 0. The van der Waals surface area contributed by atoms with Crippen LogP contribution in [0.25, 0.3) is 0 Å². The van der Waals surface area contributed by atoms with E-state index in [9.17, 15) is 0 Å². The molecule has 50 valence electrons. The fourth-order valence-electron chi connectivity index (χ4n) is 0.698. The van der Waals surface area contributed by atoms with Gasteiger partial charge in [-0.3, -0.25) is 0 Å². The summed E-state index contributed by atoms with van der Waals surface area (Å²) in [5.74, 6) is 0.630. The Bertz CT molecular complexity index is 52.5. The van der Waals surface area contributed by atoms with Crippen molar-refractivity contribution in [3.63, 3.8) is 0 Å². The Morgan fingerprint density at radius 2 is 2.00 bits per heavy atom. The Morgan fingerprint density at radius 3 is 2.12 bits per heavy atom. The minimum atomic E-state index is 0.630. The van der Waals surface area contributed by atoms with E-state index in [1.54, 1.807) is 0 Å². The summed E-state index contributed by atoms with van der Waals surface area (Å²) in [6.07, 6.45) is 0. The van der Waals surface area contributed by atoms with Gasteiger partial charge in [0.15, 0.2) is 0 Å². The molecule has 0 spiro atoms. The van der Waals surface area contributed by atoms with E-state index in [1.165, 1.54) is 0 Å². The van der Waals surface area contributed by atoms with E-state index in [2.05, 4.69) is 25.9 Å². The first kappa shape index (κ1) is 7.92. The molecule has 0 aliphatic heterocycles. The van der Waals surface area contributed by atoms with Crippen LogP contribution in [0.4, 0.5) is 0 Å². The Kier molecular flexibility index (Phi) is 3.83. The predicted octanol–water partition coefficient (Wildman–Crippen LogP) is 0.143. The molecular weight excluding hydrogens is 100 g/mol. The fraction of sp³-hybridized carbons (Fsp3) is 1.00. The van der Waals surface area contributed by atoms with Crippen LogP contribution in [0.15, 0.2) is 0 Å². The molecule has 0 amide bonds. The van der Waals surface area contributed by atoms with Crippen molar-refractivity contribution < 1.29 is 0 Å². The van der Waals surface area contributed by atoms with Crippen LogP contribution in [-0.4, -0.2) is 32.1 Å². The van der Waals surface area contributed by atoms with Gasteiger partial charge in [-0.1, -0.05) is 6.92 Å². The van der Waals surface area contributed by atoms with Gasteiger partial charge in [0.1, 0.15) is 0 Å². The highest BCUT2D eigenvalue weighted by Gasteiger charge is 1.97. The summed E-state index contributed by atoms with van der Waals surface area (Å²) in [4.78, 5) is 2.15. The van der Waals surface area contributed by atoms with Crippen LogP contribution < -0.4 is 5.73 Å². The molecule has 2 heteroatoms. The SMILES string of the molecule is CC(CN)CN(C)C. The van der Waals surface area contributed by atoms with Crippen molar-refractivity contribution >= 4 is 0 Å². The second kappa shape index (κ2) is 3.87. The maximum atomic E-state index is 5.39. The van der Waals surface area contributed by atoms with Gasteiger partial charge >= 0.3 is 0 Å². The molecule has 0 bridgehead atoms. The highest BCUT2D eigenvalue weighted by atomic mass is 15.1. The standard InChI is InChI=1S/C6H16N2/c1-6(4-7)5-8(2)3/h6H,4-5,7H2,1-3H3. The van der Waals surface area contributed by atoms with Gasteiger partial charge in [0.05, 0.1) is 0 Å². The lowest BCUT2D eigenvalue weighted by atomic mass is 10.2. The Morgan fingerprint density at radius 1 is 1.50 bits per heavy atom. The van der Waals surface area contributed by atoms with Crippen molar-refractivity contribution in [2.75, 3.05) is 27.2 Å². The van der Waals surface area contributed by atoms with E-state index in [0.29, 0.717) is 5.92 Å². The molecule has 8 heavy (non-hydrogen) atoms. The van der Waals surface area contributed by atoms with Crippen LogP contribution in [0.2, 0.25) is 0 Å². The molecule has 2 N–H and O–H groups in total. The summed E-state index contributed by atoms with van der Waals surface area (Å²) in [6, 6.07) is 0. The minimum absolute atomic E-state index is 0.630. The number of nitrogens with two attached hydrogens (primary N) is 1. The third-order valence-corrected chi connectivity index (χ3v) is 1.08. The lowest BCUT2D eigenvalue weighted by molar-refractivity contribution is 0.344. The average molecular weight is 116 g/mol. The van der Waals surface area contributed by atoms with E-state index in [0.717, 1.165) is 13.1 Å². The molecule has 0 fully saturated rings.